The van der Waals surface area contributed by atoms with Crippen molar-refractivity contribution in [1.82, 2.24) is 9.88 Å². The van der Waals surface area contributed by atoms with Crippen LogP contribution in [-0.4, -0.2) is 46.6 Å². The number of hydrogen-bond donors (Lipinski definition) is 3. The molecular weight excluding hydrogens is 220 g/mol. The fourth-order valence-electron chi connectivity index (χ4n) is 1.82. The van der Waals surface area contributed by atoms with Crippen LogP contribution in [0, 0.1) is 0 Å². The summed E-state index contributed by atoms with van der Waals surface area (Å²) in [5.74, 6) is 0.361. The minimum Gasteiger partial charge on any atom is -0.397 e. The second kappa shape index (κ2) is 5.11. The van der Waals surface area contributed by atoms with Crippen LogP contribution in [0.2, 0.25) is 0 Å². The molecule has 0 unspecified atom stereocenters. The van der Waals surface area contributed by atoms with E-state index in [1.54, 1.807) is 12.1 Å². The number of rotatable bonds is 3. The number of nitrogen functional groups attached to an aromatic ring is 1. The maximum absolute atomic E-state index is 11.7. The Morgan fingerprint density at radius 1 is 1.65 bits per heavy atom. The number of amides is 1. The Kier molecular flexibility index (Phi) is 3.55. The number of pyridine rings is 1. The molecule has 0 aliphatic carbocycles. The van der Waals surface area contributed by atoms with Crippen LogP contribution in [0.15, 0.2) is 18.3 Å². The largest absolute Gasteiger partial charge is 0.397 e. The molecule has 2 rings (SSSR count). The van der Waals surface area contributed by atoms with E-state index in [1.165, 1.54) is 6.20 Å². The Labute approximate surface area is 99.4 Å². The Morgan fingerprint density at radius 2 is 2.47 bits per heavy atom. The van der Waals surface area contributed by atoms with E-state index in [9.17, 15) is 9.90 Å². The summed E-state index contributed by atoms with van der Waals surface area (Å²) >= 11 is 0. The van der Waals surface area contributed by atoms with Crippen LogP contribution < -0.4 is 11.1 Å². The Balaban J connectivity index is 1.83. The van der Waals surface area contributed by atoms with Crippen molar-refractivity contribution in [3.8, 4) is 0 Å². The molecule has 0 aromatic carbocycles. The lowest BCUT2D eigenvalue weighted by Crippen LogP contribution is -2.32. The van der Waals surface area contributed by atoms with Crippen LogP contribution in [0.5, 0.6) is 0 Å². The number of likely N-dealkylation sites (tertiary alicyclic amines) is 1. The van der Waals surface area contributed by atoms with Crippen LogP contribution in [0.1, 0.15) is 6.42 Å². The van der Waals surface area contributed by atoms with E-state index in [-0.39, 0.29) is 18.6 Å². The van der Waals surface area contributed by atoms with E-state index >= 15 is 0 Å². The third kappa shape index (κ3) is 3.40. The second-order valence-corrected chi connectivity index (χ2v) is 4.20. The molecule has 1 amide bonds. The first-order valence-corrected chi connectivity index (χ1v) is 5.55. The normalized spacial score (nSPS) is 20.4. The van der Waals surface area contributed by atoms with Gasteiger partial charge in [-0.25, -0.2) is 4.98 Å². The van der Waals surface area contributed by atoms with Gasteiger partial charge in [-0.15, -0.1) is 0 Å². The summed E-state index contributed by atoms with van der Waals surface area (Å²) in [6.07, 6.45) is 1.92. The number of nitrogens with zero attached hydrogens (tertiary/aromatic N) is 2. The Morgan fingerprint density at radius 3 is 3.06 bits per heavy atom. The van der Waals surface area contributed by atoms with Crippen LogP contribution in [0.3, 0.4) is 0 Å². The first kappa shape index (κ1) is 11.8. The zero-order chi connectivity index (χ0) is 12.3. The molecule has 1 aromatic rings. The number of aliphatic hydroxyl groups excluding tert-OH is 1. The van der Waals surface area contributed by atoms with Crippen LogP contribution >= 0.6 is 0 Å². The molecule has 1 aromatic heterocycles. The van der Waals surface area contributed by atoms with Gasteiger partial charge in [0.1, 0.15) is 5.82 Å². The first-order chi connectivity index (χ1) is 8.13. The number of aliphatic hydroxyl groups is 1. The maximum Gasteiger partial charge on any atom is 0.239 e. The molecule has 0 bridgehead atoms. The molecule has 92 valence electrons. The summed E-state index contributed by atoms with van der Waals surface area (Å²) in [6, 6.07) is 3.34. The number of aromatic nitrogens is 1. The van der Waals surface area contributed by atoms with Gasteiger partial charge in [0.2, 0.25) is 5.91 Å². The Hall–Kier alpha value is -1.66. The molecule has 0 spiro atoms. The van der Waals surface area contributed by atoms with Gasteiger partial charge in [-0.2, -0.15) is 0 Å². The van der Waals surface area contributed by atoms with E-state index < -0.39 is 0 Å². The first-order valence-electron chi connectivity index (χ1n) is 5.55. The molecule has 1 aliphatic rings. The Bertz CT molecular complexity index is 393. The van der Waals surface area contributed by atoms with E-state index in [0.29, 0.717) is 18.1 Å². The summed E-state index contributed by atoms with van der Waals surface area (Å²) < 4.78 is 0. The third-order valence-corrected chi connectivity index (χ3v) is 2.67. The maximum atomic E-state index is 11.7. The van der Waals surface area contributed by atoms with Gasteiger partial charge in [0, 0.05) is 13.1 Å². The number of nitrogens with two attached hydrogens (primary N) is 1. The lowest BCUT2D eigenvalue weighted by atomic mass is 10.3. The van der Waals surface area contributed by atoms with Crippen LogP contribution in [0.25, 0.3) is 0 Å². The third-order valence-electron chi connectivity index (χ3n) is 2.67. The van der Waals surface area contributed by atoms with E-state index in [1.807, 2.05) is 4.90 Å². The molecule has 1 atom stereocenters. The number of anilines is 2. The standard InChI is InChI=1S/C11H16N4O2/c12-8-1-2-10(13-5-8)14-11(17)7-15-4-3-9(16)6-15/h1-2,5,9,16H,3-4,6-7,12H2,(H,13,14,17)/t9-/m0/s1. The van der Waals surface area contributed by atoms with Gasteiger partial charge < -0.3 is 16.2 Å². The second-order valence-electron chi connectivity index (χ2n) is 4.20. The van der Waals surface area contributed by atoms with Crippen molar-refractivity contribution in [3.05, 3.63) is 18.3 Å². The molecule has 4 N–H and O–H groups in total. The summed E-state index contributed by atoms with van der Waals surface area (Å²) in [6.45, 7) is 1.59. The molecule has 1 saturated heterocycles. The molecule has 2 heterocycles. The quantitative estimate of drug-likeness (QED) is 0.668. The molecule has 1 aliphatic heterocycles. The van der Waals surface area contributed by atoms with Crippen molar-refractivity contribution in [2.45, 2.75) is 12.5 Å². The van der Waals surface area contributed by atoms with Crippen molar-refractivity contribution in [2.24, 2.45) is 0 Å². The predicted molar refractivity (Wildman–Crippen MR) is 64.3 cm³/mol. The minimum absolute atomic E-state index is 0.128. The number of β-amino-alcohol motifs (C(OH)–C–C–N with tert-alkyl or cyclic N) is 1. The molecule has 6 nitrogen and oxygen atoms in total. The predicted octanol–water partition coefficient (Wildman–Crippen LogP) is -0.331. The van der Waals surface area contributed by atoms with Crippen molar-refractivity contribution < 1.29 is 9.90 Å². The van der Waals surface area contributed by atoms with Gasteiger partial charge in [-0.3, -0.25) is 9.69 Å². The van der Waals surface area contributed by atoms with Gasteiger partial charge in [0.15, 0.2) is 0 Å². The van der Waals surface area contributed by atoms with Crippen molar-refractivity contribution in [2.75, 3.05) is 30.7 Å². The zero-order valence-electron chi connectivity index (χ0n) is 9.47. The van der Waals surface area contributed by atoms with Gasteiger partial charge in [0.25, 0.3) is 0 Å². The SMILES string of the molecule is Nc1ccc(NC(=O)CN2CC[C@H](O)C2)nc1. The van der Waals surface area contributed by atoms with Crippen LogP contribution in [-0.2, 0) is 4.79 Å². The van der Waals surface area contributed by atoms with Gasteiger partial charge in [-0.05, 0) is 18.6 Å². The molecule has 6 heteroatoms. The topological polar surface area (TPSA) is 91.5 Å². The van der Waals surface area contributed by atoms with Crippen LogP contribution in [0.4, 0.5) is 11.5 Å². The summed E-state index contributed by atoms with van der Waals surface area (Å²) in [4.78, 5) is 17.6. The average Bonchev–Trinajstić information content (AvgIpc) is 2.67. The minimum atomic E-state index is -0.308. The van der Waals surface area contributed by atoms with Gasteiger partial charge in [-0.1, -0.05) is 0 Å². The van der Waals surface area contributed by atoms with E-state index in [4.69, 9.17) is 5.73 Å². The van der Waals surface area contributed by atoms with Crippen molar-refractivity contribution >= 4 is 17.4 Å². The lowest BCUT2D eigenvalue weighted by Gasteiger charge is -2.14. The van der Waals surface area contributed by atoms with E-state index in [0.717, 1.165) is 13.0 Å². The summed E-state index contributed by atoms with van der Waals surface area (Å²) in [5, 5.41) is 12.0. The highest BCUT2D eigenvalue weighted by Gasteiger charge is 2.21. The molecule has 0 saturated carbocycles. The summed E-state index contributed by atoms with van der Waals surface area (Å²) in [5.41, 5.74) is 6.05. The molecule has 1 fully saturated rings. The lowest BCUT2D eigenvalue weighted by molar-refractivity contribution is -0.117. The molecular formula is C11H16N4O2. The highest BCUT2D eigenvalue weighted by molar-refractivity contribution is 5.91. The number of carbonyl (C=O) groups excluding carboxylic acids is 1. The molecule has 0 radical (unpaired) electrons. The number of nitrogens with one attached hydrogen (secondary N) is 1. The number of carbonyl (C=O) groups is 1. The zero-order valence-corrected chi connectivity index (χ0v) is 9.47. The average molecular weight is 236 g/mol. The molecule has 17 heavy (non-hydrogen) atoms. The van der Waals surface area contributed by atoms with Gasteiger partial charge in [0.05, 0.1) is 24.5 Å². The smallest absolute Gasteiger partial charge is 0.239 e. The van der Waals surface area contributed by atoms with Crippen molar-refractivity contribution in [3.63, 3.8) is 0 Å². The van der Waals surface area contributed by atoms with E-state index in [2.05, 4.69) is 10.3 Å². The highest BCUT2D eigenvalue weighted by atomic mass is 16.3. The number of hydrogen-bond acceptors (Lipinski definition) is 5. The van der Waals surface area contributed by atoms with Gasteiger partial charge >= 0.3 is 0 Å². The fourth-order valence-corrected chi connectivity index (χ4v) is 1.82. The monoisotopic (exact) mass is 236 g/mol. The highest BCUT2D eigenvalue weighted by Crippen LogP contribution is 2.09. The van der Waals surface area contributed by atoms with Crippen molar-refractivity contribution in [1.29, 1.82) is 0 Å². The summed E-state index contributed by atoms with van der Waals surface area (Å²) in [7, 11) is 0. The fraction of sp³-hybridized carbons (Fsp3) is 0.455.